The highest BCUT2D eigenvalue weighted by Gasteiger charge is 2.15. The second-order valence-corrected chi connectivity index (χ2v) is 6.90. The van der Waals surface area contributed by atoms with Crippen LogP contribution in [-0.4, -0.2) is 62.2 Å². The molecule has 3 heterocycles. The van der Waals surface area contributed by atoms with Crippen LogP contribution in [0.1, 0.15) is 24.4 Å². The molecule has 1 fully saturated rings. The molecular weight excluding hydrogens is 328 g/mol. The first-order chi connectivity index (χ1) is 12.9. The van der Waals surface area contributed by atoms with Gasteiger partial charge in [0.2, 0.25) is 0 Å². The fourth-order valence-corrected chi connectivity index (χ4v) is 3.34. The van der Waals surface area contributed by atoms with Gasteiger partial charge in [-0.05, 0) is 63.3 Å². The summed E-state index contributed by atoms with van der Waals surface area (Å²) in [6.07, 6.45) is 5.84. The molecule has 0 amide bonds. The average Bonchev–Trinajstić information content (AvgIpc) is 3.36. The highest BCUT2D eigenvalue weighted by molar-refractivity contribution is 4.97. The topological polar surface area (TPSA) is 56.8 Å². The van der Waals surface area contributed by atoms with Crippen LogP contribution in [0, 0.1) is 0 Å². The molecule has 0 aliphatic carbocycles. The third-order valence-corrected chi connectivity index (χ3v) is 4.88. The minimum Gasteiger partial charge on any atom is -0.468 e. The van der Waals surface area contributed by atoms with Crippen LogP contribution in [0.25, 0.3) is 0 Å². The molecule has 6 heteroatoms. The molecule has 6 nitrogen and oxygen atoms in total. The zero-order valence-corrected chi connectivity index (χ0v) is 15.7. The molecular formula is C20H32N4O2. The van der Waals surface area contributed by atoms with Gasteiger partial charge in [0.15, 0.2) is 0 Å². The van der Waals surface area contributed by atoms with Gasteiger partial charge in [0.1, 0.15) is 11.5 Å². The van der Waals surface area contributed by atoms with Crippen LogP contribution in [0.15, 0.2) is 45.6 Å². The highest BCUT2D eigenvalue weighted by atomic mass is 16.3. The smallest absolute Gasteiger partial charge is 0.117 e. The van der Waals surface area contributed by atoms with Crippen LogP contribution >= 0.6 is 0 Å². The van der Waals surface area contributed by atoms with E-state index >= 15 is 0 Å². The third-order valence-electron chi connectivity index (χ3n) is 4.88. The number of hydrogen-bond acceptors (Lipinski definition) is 6. The molecule has 2 aromatic heterocycles. The van der Waals surface area contributed by atoms with Crippen molar-refractivity contribution in [3.8, 4) is 0 Å². The second-order valence-electron chi connectivity index (χ2n) is 6.90. The van der Waals surface area contributed by atoms with Crippen molar-refractivity contribution in [3.63, 3.8) is 0 Å². The number of nitrogens with zero attached hydrogens (tertiary/aromatic N) is 2. The minimum atomic E-state index is 0.828. The van der Waals surface area contributed by atoms with E-state index in [4.69, 9.17) is 8.83 Å². The summed E-state index contributed by atoms with van der Waals surface area (Å²) in [5, 5.41) is 6.88. The van der Waals surface area contributed by atoms with E-state index in [1.165, 1.54) is 52.1 Å². The maximum atomic E-state index is 5.32. The van der Waals surface area contributed by atoms with Crippen LogP contribution in [0.2, 0.25) is 0 Å². The Morgan fingerprint density at radius 1 is 0.731 bits per heavy atom. The van der Waals surface area contributed by atoms with E-state index < -0.39 is 0 Å². The molecule has 1 aliphatic rings. The monoisotopic (exact) mass is 360 g/mol. The first-order valence-corrected chi connectivity index (χ1v) is 9.81. The molecule has 2 N–H and O–H groups in total. The average molecular weight is 361 g/mol. The zero-order valence-electron chi connectivity index (χ0n) is 15.7. The SMILES string of the molecule is c1coc(CNCCCN2CCN(CCCNCc3ccco3)CC2)c1. The molecule has 3 rings (SSSR count). The highest BCUT2D eigenvalue weighted by Crippen LogP contribution is 2.04. The minimum absolute atomic E-state index is 0.828. The van der Waals surface area contributed by atoms with Gasteiger partial charge in [0, 0.05) is 26.2 Å². The Hall–Kier alpha value is -1.60. The number of hydrogen-bond donors (Lipinski definition) is 2. The summed E-state index contributed by atoms with van der Waals surface area (Å²) in [7, 11) is 0. The maximum absolute atomic E-state index is 5.32. The lowest BCUT2D eigenvalue weighted by Gasteiger charge is -2.34. The van der Waals surface area contributed by atoms with Gasteiger partial charge in [0.05, 0.1) is 25.6 Å². The molecule has 26 heavy (non-hydrogen) atoms. The van der Waals surface area contributed by atoms with Gasteiger partial charge in [-0.25, -0.2) is 0 Å². The normalized spacial score (nSPS) is 16.3. The molecule has 0 aromatic carbocycles. The third kappa shape index (κ3) is 6.96. The molecule has 0 radical (unpaired) electrons. The molecule has 2 aromatic rings. The number of piperazine rings is 1. The first kappa shape index (κ1) is 19.2. The molecule has 144 valence electrons. The summed E-state index contributed by atoms with van der Waals surface area (Å²) in [5.41, 5.74) is 0. The summed E-state index contributed by atoms with van der Waals surface area (Å²) in [5.74, 6) is 2.02. The summed E-state index contributed by atoms with van der Waals surface area (Å²) in [6.45, 7) is 10.9. The van der Waals surface area contributed by atoms with E-state index in [1.54, 1.807) is 12.5 Å². The van der Waals surface area contributed by atoms with Crippen LogP contribution in [0.5, 0.6) is 0 Å². The molecule has 0 unspecified atom stereocenters. The maximum Gasteiger partial charge on any atom is 0.117 e. The Bertz CT molecular complexity index is 510. The lowest BCUT2D eigenvalue weighted by Crippen LogP contribution is -2.47. The van der Waals surface area contributed by atoms with Crippen molar-refractivity contribution in [3.05, 3.63) is 48.3 Å². The van der Waals surface area contributed by atoms with Crippen molar-refractivity contribution in [2.75, 3.05) is 52.4 Å². The Kier molecular flexibility index (Phi) is 8.25. The van der Waals surface area contributed by atoms with Crippen molar-refractivity contribution in [2.45, 2.75) is 25.9 Å². The largest absolute Gasteiger partial charge is 0.468 e. The van der Waals surface area contributed by atoms with Gasteiger partial charge < -0.3 is 29.3 Å². The molecule has 0 atom stereocenters. The van der Waals surface area contributed by atoms with Gasteiger partial charge in [-0.2, -0.15) is 0 Å². The zero-order chi connectivity index (χ0) is 17.9. The van der Waals surface area contributed by atoms with E-state index in [0.29, 0.717) is 0 Å². The number of furan rings is 2. The van der Waals surface area contributed by atoms with Crippen molar-refractivity contribution < 1.29 is 8.83 Å². The number of rotatable bonds is 12. The van der Waals surface area contributed by atoms with Crippen LogP contribution in [0.4, 0.5) is 0 Å². The molecule has 1 saturated heterocycles. The predicted molar refractivity (Wildman–Crippen MR) is 103 cm³/mol. The summed E-state index contributed by atoms with van der Waals surface area (Å²) >= 11 is 0. The number of nitrogens with one attached hydrogen (secondary N) is 2. The Morgan fingerprint density at radius 2 is 1.19 bits per heavy atom. The fraction of sp³-hybridized carbons (Fsp3) is 0.600. The quantitative estimate of drug-likeness (QED) is 0.566. The lowest BCUT2D eigenvalue weighted by atomic mass is 10.2. The Labute approximate surface area is 156 Å². The summed E-state index contributed by atoms with van der Waals surface area (Å²) in [6, 6.07) is 7.90. The van der Waals surface area contributed by atoms with E-state index in [9.17, 15) is 0 Å². The van der Waals surface area contributed by atoms with Crippen molar-refractivity contribution in [1.29, 1.82) is 0 Å². The first-order valence-electron chi connectivity index (χ1n) is 9.81. The second kappa shape index (κ2) is 11.2. The van der Waals surface area contributed by atoms with E-state index in [1.807, 2.05) is 24.3 Å². The van der Waals surface area contributed by atoms with Crippen LogP contribution < -0.4 is 10.6 Å². The van der Waals surface area contributed by atoms with Crippen molar-refractivity contribution >= 4 is 0 Å². The van der Waals surface area contributed by atoms with Crippen molar-refractivity contribution in [2.24, 2.45) is 0 Å². The standard InChI is InChI=1S/C20H32N4O2/c1-5-19(25-15-1)17-21-7-3-9-23-11-13-24(14-12-23)10-4-8-22-18-20-6-2-16-26-20/h1-2,5-6,15-16,21-22H,3-4,7-14,17-18H2. The van der Waals surface area contributed by atoms with Crippen LogP contribution in [-0.2, 0) is 13.1 Å². The van der Waals surface area contributed by atoms with E-state index in [-0.39, 0.29) is 0 Å². The molecule has 0 saturated carbocycles. The van der Waals surface area contributed by atoms with Gasteiger partial charge in [-0.15, -0.1) is 0 Å². The van der Waals surface area contributed by atoms with Gasteiger partial charge in [0.25, 0.3) is 0 Å². The molecule has 1 aliphatic heterocycles. The van der Waals surface area contributed by atoms with Gasteiger partial charge in [-0.3, -0.25) is 0 Å². The summed E-state index contributed by atoms with van der Waals surface area (Å²) < 4.78 is 10.6. The Morgan fingerprint density at radius 3 is 1.58 bits per heavy atom. The molecule has 0 spiro atoms. The lowest BCUT2D eigenvalue weighted by molar-refractivity contribution is 0.130. The van der Waals surface area contributed by atoms with Gasteiger partial charge in [-0.1, -0.05) is 0 Å². The van der Waals surface area contributed by atoms with E-state index in [2.05, 4.69) is 20.4 Å². The summed E-state index contributed by atoms with van der Waals surface area (Å²) in [4.78, 5) is 5.17. The van der Waals surface area contributed by atoms with Gasteiger partial charge >= 0.3 is 0 Å². The predicted octanol–water partition coefficient (Wildman–Crippen LogP) is 2.15. The van der Waals surface area contributed by atoms with Crippen molar-refractivity contribution in [1.82, 2.24) is 20.4 Å². The Balaban J connectivity index is 1.14. The van der Waals surface area contributed by atoms with Crippen LogP contribution in [0.3, 0.4) is 0 Å². The molecule has 0 bridgehead atoms. The van der Waals surface area contributed by atoms with E-state index in [0.717, 1.165) is 37.7 Å². The fourth-order valence-electron chi connectivity index (χ4n) is 3.34.